The summed E-state index contributed by atoms with van der Waals surface area (Å²) in [6, 6.07) is 10.1. The van der Waals surface area contributed by atoms with E-state index < -0.39 is 0 Å². The average Bonchev–Trinajstić information content (AvgIpc) is 2.96. The lowest BCUT2D eigenvalue weighted by molar-refractivity contribution is -0.137. The fraction of sp³-hybridized carbons (Fsp3) is 0.529. The molecule has 2 atom stereocenters. The molecule has 1 aliphatic rings. The number of amides is 2. The molecule has 4 heteroatoms. The predicted molar refractivity (Wildman–Crippen MR) is 82.8 cm³/mol. The summed E-state index contributed by atoms with van der Waals surface area (Å²) < 4.78 is 0. The second-order valence-corrected chi connectivity index (χ2v) is 5.80. The number of aryl methyl sites for hydroxylation is 1. The zero-order chi connectivity index (χ0) is 15.2. The van der Waals surface area contributed by atoms with Gasteiger partial charge in [0.2, 0.25) is 11.8 Å². The summed E-state index contributed by atoms with van der Waals surface area (Å²) in [6.07, 6.45) is 3.54. The minimum absolute atomic E-state index is 0.00964. The van der Waals surface area contributed by atoms with Gasteiger partial charge in [0.25, 0.3) is 0 Å². The third-order valence-corrected chi connectivity index (χ3v) is 4.06. The molecule has 0 bridgehead atoms. The van der Waals surface area contributed by atoms with Gasteiger partial charge in [0.1, 0.15) is 6.04 Å². The summed E-state index contributed by atoms with van der Waals surface area (Å²) in [5.74, 6) is -0.0205. The topological polar surface area (TPSA) is 49.4 Å². The first-order valence-electron chi connectivity index (χ1n) is 7.69. The van der Waals surface area contributed by atoms with Crippen molar-refractivity contribution >= 4 is 11.8 Å². The van der Waals surface area contributed by atoms with E-state index in [1.807, 2.05) is 25.1 Å². The Hall–Kier alpha value is -1.84. The highest BCUT2D eigenvalue weighted by molar-refractivity contribution is 5.87. The maximum absolute atomic E-state index is 12.3. The summed E-state index contributed by atoms with van der Waals surface area (Å²) in [6.45, 7) is 4.25. The van der Waals surface area contributed by atoms with E-state index in [0.717, 1.165) is 25.7 Å². The maximum atomic E-state index is 12.3. The lowest BCUT2D eigenvalue weighted by Gasteiger charge is -2.24. The van der Waals surface area contributed by atoms with Gasteiger partial charge in [0, 0.05) is 19.5 Å². The Morgan fingerprint density at radius 2 is 2.05 bits per heavy atom. The van der Waals surface area contributed by atoms with Crippen LogP contribution in [0.3, 0.4) is 0 Å². The molecule has 0 aromatic heterocycles. The number of nitrogens with one attached hydrogen (secondary N) is 1. The van der Waals surface area contributed by atoms with Gasteiger partial charge in [-0.2, -0.15) is 0 Å². The molecule has 0 radical (unpaired) electrons. The molecular formula is C17H24N2O2. The van der Waals surface area contributed by atoms with Gasteiger partial charge in [0.15, 0.2) is 0 Å². The highest BCUT2D eigenvalue weighted by Gasteiger charge is 2.32. The van der Waals surface area contributed by atoms with Crippen molar-refractivity contribution in [3.05, 3.63) is 35.9 Å². The van der Waals surface area contributed by atoms with Crippen LogP contribution in [0.5, 0.6) is 0 Å². The van der Waals surface area contributed by atoms with Gasteiger partial charge in [-0.1, -0.05) is 30.3 Å². The number of hydrogen-bond acceptors (Lipinski definition) is 2. The molecule has 2 rings (SSSR count). The Kier molecular flexibility index (Phi) is 5.37. The molecule has 1 aromatic carbocycles. The monoisotopic (exact) mass is 288 g/mol. The first-order valence-corrected chi connectivity index (χ1v) is 7.69. The zero-order valence-corrected chi connectivity index (χ0v) is 12.8. The largest absolute Gasteiger partial charge is 0.352 e. The molecule has 4 nitrogen and oxygen atoms in total. The molecule has 21 heavy (non-hydrogen) atoms. The number of nitrogens with zero attached hydrogens (tertiary/aromatic N) is 1. The van der Waals surface area contributed by atoms with Crippen molar-refractivity contribution in [3.63, 3.8) is 0 Å². The molecule has 0 aliphatic carbocycles. The minimum Gasteiger partial charge on any atom is -0.352 e. The van der Waals surface area contributed by atoms with Gasteiger partial charge in [-0.05, 0) is 38.2 Å². The van der Waals surface area contributed by atoms with Gasteiger partial charge < -0.3 is 10.2 Å². The van der Waals surface area contributed by atoms with Gasteiger partial charge in [0.05, 0.1) is 0 Å². The van der Waals surface area contributed by atoms with Crippen molar-refractivity contribution < 1.29 is 9.59 Å². The van der Waals surface area contributed by atoms with Crippen molar-refractivity contribution in [2.45, 2.75) is 51.6 Å². The summed E-state index contributed by atoms with van der Waals surface area (Å²) in [5, 5.41) is 3.04. The highest BCUT2D eigenvalue weighted by Crippen LogP contribution is 2.17. The first kappa shape index (κ1) is 15.5. The van der Waals surface area contributed by atoms with E-state index in [2.05, 4.69) is 17.4 Å². The first-order chi connectivity index (χ1) is 10.1. The van der Waals surface area contributed by atoms with Crippen LogP contribution in [0, 0.1) is 0 Å². The molecule has 1 aliphatic heterocycles. The summed E-state index contributed by atoms with van der Waals surface area (Å²) in [4.78, 5) is 25.5. The van der Waals surface area contributed by atoms with Crippen LogP contribution >= 0.6 is 0 Å². The number of rotatable bonds is 5. The molecule has 1 heterocycles. The molecule has 1 saturated heterocycles. The van der Waals surface area contributed by atoms with Crippen LogP contribution in [0.25, 0.3) is 0 Å². The number of benzene rings is 1. The molecular weight excluding hydrogens is 264 g/mol. The van der Waals surface area contributed by atoms with Crippen LogP contribution in [0.15, 0.2) is 30.3 Å². The van der Waals surface area contributed by atoms with Crippen LogP contribution in [0.2, 0.25) is 0 Å². The van der Waals surface area contributed by atoms with Crippen LogP contribution < -0.4 is 5.32 Å². The summed E-state index contributed by atoms with van der Waals surface area (Å²) in [7, 11) is 0. The van der Waals surface area contributed by atoms with E-state index in [9.17, 15) is 9.59 Å². The molecule has 0 spiro atoms. The Morgan fingerprint density at radius 3 is 2.71 bits per heavy atom. The summed E-state index contributed by atoms with van der Waals surface area (Å²) in [5.41, 5.74) is 1.28. The van der Waals surface area contributed by atoms with Crippen molar-refractivity contribution in [1.82, 2.24) is 10.2 Å². The van der Waals surface area contributed by atoms with Gasteiger partial charge in [-0.3, -0.25) is 9.59 Å². The smallest absolute Gasteiger partial charge is 0.243 e. The third-order valence-electron chi connectivity index (χ3n) is 4.06. The molecule has 1 aromatic rings. The van der Waals surface area contributed by atoms with E-state index in [4.69, 9.17) is 0 Å². The highest BCUT2D eigenvalue weighted by atomic mass is 16.2. The molecule has 1 N–H and O–H groups in total. The van der Waals surface area contributed by atoms with Gasteiger partial charge >= 0.3 is 0 Å². The van der Waals surface area contributed by atoms with E-state index in [1.165, 1.54) is 12.5 Å². The van der Waals surface area contributed by atoms with Crippen molar-refractivity contribution in [1.29, 1.82) is 0 Å². The van der Waals surface area contributed by atoms with E-state index in [1.54, 1.807) is 4.90 Å². The maximum Gasteiger partial charge on any atom is 0.243 e. The van der Waals surface area contributed by atoms with Gasteiger partial charge in [-0.15, -0.1) is 0 Å². The van der Waals surface area contributed by atoms with Crippen LogP contribution in [-0.4, -0.2) is 35.3 Å². The van der Waals surface area contributed by atoms with E-state index in [0.29, 0.717) is 6.54 Å². The molecule has 2 amide bonds. The minimum atomic E-state index is -0.276. The Labute approximate surface area is 126 Å². The molecule has 0 unspecified atom stereocenters. The third kappa shape index (κ3) is 4.31. The molecule has 1 fully saturated rings. The van der Waals surface area contributed by atoms with Crippen LogP contribution in [0.1, 0.15) is 38.7 Å². The molecule has 0 saturated carbocycles. The number of carbonyl (C=O) groups is 2. The second-order valence-electron chi connectivity index (χ2n) is 5.80. The lowest BCUT2D eigenvalue weighted by Crippen LogP contribution is -2.47. The number of likely N-dealkylation sites (tertiary alicyclic amines) is 1. The summed E-state index contributed by atoms with van der Waals surface area (Å²) >= 11 is 0. The van der Waals surface area contributed by atoms with Crippen LogP contribution in [-0.2, 0) is 16.0 Å². The van der Waals surface area contributed by atoms with Crippen molar-refractivity contribution in [2.24, 2.45) is 0 Å². The number of hydrogen-bond donors (Lipinski definition) is 1. The van der Waals surface area contributed by atoms with E-state index in [-0.39, 0.29) is 23.9 Å². The molecule has 114 valence electrons. The fourth-order valence-corrected chi connectivity index (χ4v) is 2.86. The van der Waals surface area contributed by atoms with Crippen LogP contribution in [0.4, 0.5) is 0 Å². The second kappa shape index (κ2) is 7.25. The van der Waals surface area contributed by atoms with Crippen molar-refractivity contribution in [3.8, 4) is 0 Å². The SMILES string of the molecule is CC(=O)N1CCC[C@@H]1C(=O)N[C@H](C)CCc1ccccc1. The Balaban J connectivity index is 1.80. The lowest BCUT2D eigenvalue weighted by atomic mass is 10.1. The zero-order valence-electron chi connectivity index (χ0n) is 12.8. The standard InChI is InChI=1S/C17H24N2O2/c1-13(10-11-15-7-4-3-5-8-15)18-17(21)16-9-6-12-19(16)14(2)20/h3-5,7-8,13,16H,6,9-12H2,1-2H3,(H,18,21)/t13-,16-/m1/s1. The quantitative estimate of drug-likeness (QED) is 0.902. The van der Waals surface area contributed by atoms with Gasteiger partial charge in [-0.25, -0.2) is 0 Å². The van der Waals surface area contributed by atoms with E-state index >= 15 is 0 Å². The average molecular weight is 288 g/mol. The normalized spacial score (nSPS) is 19.3. The Bertz CT molecular complexity index is 487. The van der Waals surface area contributed by atoms with Crippen molar-refractivity contribution in [2.75, 3.05) is 6.54 Å². The Morgan fingerprint density at radius 1 is 1.33 bits per heavy atom. The number of carbonyl (C=O) groups excluding carboxylic acids is 2. The predicted octanol–water partition coefficient (Wildman–Crippen LogP) is 2.13. The fourth-order valence-electron chi connectivity index (χ4n) is 2.86.